The molecule has 0 aliphatic rings. The zero-order valence-electron chi connectivity index (χ0n) is 53.2. The lowest BCUT2D eigenvalue weighted by molar-refractivity contribution is -0.161. The van der Waals surface area contributed by atoms with Crippen LogP contribution in [0.5, 0.6) is 0 Å². The molecule has 1 N–H and O–H groups in total. The van der Waals surface area contributed by atoms with Crippen LogP contribution in [0.3, 0.4) is 0 Å². The standard InChI is InChI=1S/C77H126O5/c1-3-5-7-9-11-13-15-17-19-21-23-25-27-29-31-33-35-37-38-40-42-44-46-48-50-52-54-56-58-60-62-64-66-68-70-72-77(80)82-75(73-78)74-81-76(79)71-69-67-65-63-61-59-57-55-53-51-49-47-45-43-41-39-36-34-32-30-28-26-24-22-20-18-16-14-12-10-8-6-4-2/h5-8,11-14,17-20,23-26,29-32,35-37,39-40,42,75,78H,3-4,9-10,15-16,21-22,27-28,33-34,38,41,43-74H2,1-2H3/b7-5-,8-6-,13-11-,14-12-,19-17-,20-18-,25-23-,26-24-,31-29-,32-30-,37-35-,39-36-,42-40-. The summed E-state index contributed by atoms with van der Waals surface area (Å²) >= 11 is 0. The molecule has 464 valence electrons. The Balaban J connectivity index is 3.52. The summed E-state index contributed by atoms with van der Waals surface area (Å²) in [5.74, 6) is -0.593. The monoisotopic (exact) mass is 1130 g/mol. The van der Waals surface area contributed by atoms with Gasteiger partial charge in [0.25, 0.3) is 0 Å². The van der Waals surface area contributed by atoms with E-state index in [2.05, 4.69) is 172 Å². The highest BCUT2D eigenvalue weighted by molar-refractivity contribution is 5.70. The Labute approximate surface area is 507 Å². The number of aliphatic hydroxyl groups is 1. The Morgan fingerprint density at radius 1 is 0.280 bits per heavy atom. The van der Waals surface area contributed by atoms with Gasteiger partial charge in [0.15, 0.2) is 6.10 Å². The Kier molecular flexibility index (Phi) is 66.9. The van der Waals surface area contributed by atoms with E-state index in [0.717, 1.165) is 122 Å². The second-order valence-electron chi connectivity index (χ2n) is 22.1. The molecular weight excluding hydrogens is 1000 g/mol. The third-order valence-corrected chi connectivity index (χ3v) is 14.3. The fraction of sp³-hybridized carbons (Fsp3) is 0.636. The zero-order valence-corrected chi connectivity index (χ0v) is 53.2. The third kappa shape index (κ3) is 68.0. The fourth-order valence-corrected chi connectivity index (χ4v) is 9.31. The quantitative estimate of drug-likeness (QED) is 0.0373. The van der Waals surface area contributed by atoms with Gasteiger partial charge in [0.1, 0.15) is 6.61 Å². The smallest absolute Gasteiger partial charge is 0.306 e. The molecule has 0 aliphatic heterocycles. The molecule has 5 nitrogen and oxygen atoms in total. The van der Waals surface area contributed by atoms with Gasteiger partial charge in [-0.25, -0.2) is 0 Å². The molecule has 0 saturated carbocycles. The summed E-state index contributed by atoms with van der Waals surface area (Å²) in [4.78, 5) is 24.7. The van der Waals surface area contributed by atoms with Gasteiger partial charge in [-0.3, -0.25) is 9.59 Å². The molecule has 82 heavy (non-hydrogen) atoms. The average Bonchev–Trinajstić information content (AvgIpc) is 3.49. The van der Waals surface area contributed by atoms with Crippen LogP contribution in [0.25, 0.3) is 0 Å². The number of rotatable bonds is 61. The average molecular weight is 1130 g/mol. The Hall–Kier alpha value is -4.48. The predicted molar refractivity (Wildman–Crippen MR) is 361 cm³/mol. The van der Waals surface area contributed by atoms with Crippen molar-refractivity contribution in [2.24, 2.45) is 0 Å². The molecule has 0 spiro atoms. The second kappa shape index (κ2) is 70.8. The minimum Gasteiger partial charge on any atom is -0.462 e. The molecule has 0 saturated heterocycles. The van der Waals surface area contributed by atoms with Crippen LogP contribution in [0.2, 0.25) is 0 Å². The van der Waals surface area contributed by atoms with Crippen molar-refractivity contribution < 1.29 is 24.2 Å². The molecule has 0 bridgehead atoms. The minimum absolute atomic E-state index is 0.0728. The highest BCUT2D eigenvalue weighted by Gasteiger charge is 2.16. The van der Waals surface area contributed by atoms with Crippen LogP contribution < -0.4 is 0 Å². The lowest BCUT2D eigenvalue weighted by Gasteiger charge is -2.15. The van der Waals surface area contributed by atoms with E-state index in [4.69, 9.17) is 9.47 Å². The van der Waals surface area contributed by atoms with Crippen molar-refractivity contribution in [2.45, 2.75) is 302 Å². The normalized spacial score (nSPS) is 13.3. The molecule has 0 rings (SSSR count). The number of unbranched alkanes of at least 4 members (excludes halogenated alkanes) is 27. The van der Waals surface area contributed by atoms with Crippen LogP contribution in [-0.2, 0) is 19.1 Å². The van der Waals surface area contributed by atoms with Crippen LogP contribution >= 0.6 is 0 Å². The first-order valence-corrected chi connectivity index (χ1v) is 34.0. The number of ether oxygens (including phenoxy) is 2. The van der Waals surface area contributed by atoms with Crippen molar-refractivity contribution in [1.82, 2.24) is 0 Å². The fourth-order valence-electron chi connectivity index (χ4n) is 9.31. The van der Waals surface area contributed by atoms with Crippen molar-refractivity contribution in [3.63, 3.8) is 0 Å². The molecule has 0 amide bonds. The predicted octanol–water partition coefficient (Wildman–Crippen LogP) is 23.9. The molecular formula is C77H126O5. The van der Waals surface area contributed by atoms with E-state index in [1.165, 1.54) is 148 Å². The molecule has 0 aromatic rings. The summed E-state index contributed by atoms with van der Waals surface area (Å²) < 4.78 is 10.8. The van der Waals surface area contributed by atoms with Gasteiger partial charge in [0.2, 0.25) is 0 Å². The molecule has 0 heterocycles. The third-order valence-electron chi connectivity index (χ3n) is 14.3. The first-order valence-electron chi connectivity index (χ1n) is 34.0. The molecule has 0 radical (unpaired) electrons. The van der Waals surface area contributed by atoms with E-state index in [1.807, 2.05) is 0 Å². The molecule has 1 atom stereocenters. The first-order chi connectivity index (χ1) is 40.6. The summed E-state index contributed by atoms with van der Waals surface area (Å²) in [6.07, 6.45) is 108. The number of esters is 2. The maximum atomic E-state index is 12.4. The lowest BCUT2D eigenvalue weighted by atomic mass is 10.0. The van der Waals surface area contributed by atoms with Gasteiger partial charge < -0.3 is 14.6 Å². The lowest BCUT2D eigenvalue weighted by Crippen LogP contribution is -2.28. The Morgan fingerprint density at radius 3 is 0.732 bits per heavy atom. The highest BCUT2D eigenvalue weighted by Crippen LogP contribution is 2.16. The van der Waals surface area contributed by atoms with Gasteiger partial charge in [0, 0.05) is 12.8 Å². The number of aliphatic hydroxyl groups excluding tert-OH is 1. The van der Waals surface area contributed by atoms with Gasteiger partial charge in [-0.05, 0) is 122 Å². The molecule has 0 aliphatic carbocycles. The maximum absolute atomic E-state index is 12.4. The van der Waals surface area contributed by atoms with Crippen LogP contribution in [0.4, 0.5) is 0 Å². The molecule has 0 aromatic heterocycles. The van der Waals surface area contributed by atoms with E-state index in [1.54, 1.807) is 0 Å². The Bertz CT molecular complexity index is 1760. The SMILES string of the molecule is CC/C=C\C/C=C\C/C=C\C/C=C\C/C=C\C/C=C\C/C=C\CCCCCCCCCCCCCCCC(=O)OC(CO)COC(=O)CCCCCCCCCCCCCCCC/C=C\C/C=C\C/C=C\C/C=C\C/C=C\C/C=C\CC. The van der Waals surface area contributed by atoms with Crippen LogP contribution in [0.15, 0.2) is 158 Å². The van der Waals surface area contributed by atoms with Crippen molar-refractivity contribution in [2.75, 3.05) is 13.2 Å². The van der Waals surface area contributed by atoms with Crippen molar-refractivity contribution in [3.05, 3.63) is 158 Å². The van der Waals surface area contributed by atoms with Crippen LogP contribution in [0.1, 0.15) is 296 Å². The summed E-state index contributed by atoms with van der Waals surface area (Å²) in [6, 6.07) is 0. The minimum atomic E-state index is -0.784. The van der Waals surface area contributed by atoms with Crippen molar-refractivity contribution >= 4 is 11.9 Å². The summed E-state index contributed by atoms with van der Waals surface area (Å²) in [5, 5.41) is 9.70. The summed E-state index contributed by atoms with van der Waals surface area (Å²) in [5.41, 5.74) is 0. The van der Waals surface area contributed by atoms with Crippen molar-refractivity contribution in [3.8, 4) is 0 Å². The molecule has 5 heteroatoms. The molecule has 0 aromatic carbocycles. The van der Waals surface area contributed by atoms with Crippen molar-refractivity contribution in [1.29, 1.82) is 0 Å². The number of carbonyl (C=O) groups excluding carboxylic acids is 2. The highest BCUT2D eigenvalue weighted by atomic mass is 16.6. The van der Waals surface area contributed by atoms with E-state index < -0.39 is 6.10 Å². The summed E-state index contributed by atoms with van der Waals surface area (Å²) in [6.45, 7) is 3.92. The van der Waals surface area contributed by atoms with E-state index in [0.29, 0.717) is 12.8 Å². The van der Waals surface area contributed by atoms with Gasteiger partial charge in [0.05, 0.1) is 6.61 Å². The largest absolute Gasteiger partial charge is 0.462 e. The topological polar surface area (TPSA) is 72.8 Å². The van der Waals surface area contributed by atoms with E-state index in [-0.39, 0.29) is 25.2 Å². The number of carbonyl (C=O) groups is 2. The van der Waals surface area contributed by atoms with Crippen LogP contribution in [0, 0.1) is 0 Å². The second-order valence-corrected chi connectivity index (χ2v) is 22.1. The molecule has 1 unspecified atom stereocenters. The first kappa shape index (κ1) is 77.5. The van der Waals surface area contributed by atoms with Gasteiger partial charge in [-0.15, -0.1) is 0 Å². The zero-order chi connectivity index (χ0) is 59.1. The molecule has 0 fully saturated rings. The number of hydrogen-bond donors (Lipinski definition) is 1. The Morgan fingerprint density at radius 2 is 0.488 bits per heavy atom. The van der Waals surface area contributed by atoms with Gasteiger partial charge in [-0.1, -0.05) is 320 Å². The van der Waals surface area contributed by atoms with Crippen LogP contribution in [-0.4, -0.2) is 36.4 Å². The maximum Gasteiger partial charge on any atom is 0.306 e. The van der Waals surface area contributed by atoms with E-state index in [9.17, 15) is 14.7 Å². The number of allylic oxidation sites excluding steroid dienone is 26. The summed E-state index contributed by atoms with van der Waals surface area (Å²) in [7, 11) is 0. The number of hydrogen-bond acceptors (Lipinski definition) is 5. The van der Waals surface area contributed by atoms with E-state index >= 15 is 0 Å². The van der Waals surface area contributed by atoms with Gasteiger partial charge >= 0.3 is 11.9 Å². The van der Waals surface area contributed by atoms with Gasteiger partial charge in [-0.2, -0.15) is 0 Å².